The molecular formula is C12H21N3O. The van der Waals surface area contributed by atoms with Crippen LogP contribution in [0.2, 0.25) is 0 Å². The molecule has 1 aliphatic rings. The second-order valence-corrected chi connectivity index (χ2v) is 5.20. The third kappa shape index (κ3) is 1.82. The third-order valence-electron chi connectivity index (χ3n) is 3.62. The molecule has 0 amide bonds. The standard InChI is InChI=1S/C12H21N3O/c1-4-12(2,3)10-6-14-15-7-9(5-13)8-16-11(10)15/h6,9H,4-5,7-8,13H2,1-3H3. The minimum atomic E-state index is 0.128. The van der Waals surface area contributed by atoms with Gasteiger partial charge in [-0.25, -0.2) is 4.68 Å². The molecule has 0 saturated heterocycles. The van der Waals surface area contributed by atoms with Crippen molar-refractivity contribution in [2.45, 2.75) is 39.2 Å². The van der Waals surface area contributed by atoms with Crippen molar-refractivity contribution in [2.24, 2.45) is 11.7 Å². The summed E-state index contributed by atoms with van der Waals surface area (Å²) in [4.78, 5) is 0. The van der Waals surface area contributed by atoms with Crippen LogP contribution in [0.4, 0.5) is 0 Å². The van der Waals surface area contributed by atoms with E-state index in [1.165, 1.54) is 5.56 Å². The van der Waals surface area contributed by atoms with Crippen LogP contribution in [-0.2, 0) is 12.0 Å². The van der Waals surface area contributed by atoms with Gasteiger partial charge >= 0.3 is 0 Å². The zero-order chi connectivity index (χ0) is 11.8. The van der Waals surface area contributed by atoms with Crippen molar-refractivity contribution in [1.29, 1.82) is 0 Å². The normalized spacial score (nSPS) is 20.4. The van der Waals surface area contributed by atoms with Crippen LogP contribution < -0.4 is 10.5 Å². The molecule has 0 aromatic carbocycles. The van der Waals surface area contributed by atoms with E-state index in [1.54, 1.807) is 0 Å². The Morgan fingerprint density at radius 1 is 1.62 bits per heavy atom. The average molecular weight is 223 g/mol. The monoisotopic (exact) mass is 223 g/mol. The molecule has 0 fully saturated rings. The molecule has 0 spiro atoms. The van der Waals surface area contributed by atoms with Crippen LogP contribution in [-0.4, -0.2) is 22.9 Å². The number of rotatable bonds is 3. The largest absolute Gasteiger partial charge is 0.477 e. The molecule has 16 heavy (non-hydrogen) atoms. The van der Waals surface area contributed by atoms with Gasteiger partial charge in [0.2, 0.25) is 5.88 Å². The fourth-order valence-corrected chi connectivity index (χ4v) is 1.95. The van der Waals surface area contributed by atoms with E-state index in [4.69, 9.17) is 10.5 Å². The summed E-state index contributed by atoms with van der Waals surface area (Å²) in [6.45, 7) is 8.90. The zero-order valence-corrected chi connectivity index (χ0v) is 10.4. The molecule has 0 bridgehead atoms. The topological polar surface area (TPSA) is 53.1 Å². The SMILES string of the molecule is CCC(C)(C)c1cnn2c1OCC(CN)C2. The van der Waals surface area contributed by atoms with Gasteiger partial charge in [-0.1, -0.05) is 20.8 Å². The lowest BCUT2D eigenvalue weighted by Crippen LogP contribution is -2.32. The Balaban J connectivity index is 2.29. The van der Waals surface area contributed by atoms with E-state index < -0.39 is 0 Å². The molecule has 0 radical (unpaired) electrons. The number of hydrogen-bond donors (Lipinski definition) is 1. The van der Waals surface area contributed by atoms with Crippen molar-refractivity contribution in [3.8, 4) is 5.88 Å². The first kappa shape index (κ1) is 11.5. The Labute approximate surface area is 96.8 Å². The molecule has 1 aliphatic heterocycles. The highest BCUT2D eigenvalue weighted by molar-refractivity contribution is 5.32. The summed E-state index contributed by atoms with van der Waals surface area (Å²) in [6.07, 6.45) is 3.02. The first-order valence-electron chi connectivity index (χ1n) is 5.97. The van der Waals surface area contributed by atoms with Crippen molar-refractivity contribution in [2.75, 3.05) is 13.2 Å². The second kappa shape index (κ2) is 4.09. The van der Waals surface area contributed by atoms with Gasteiger partial charge in [-0.3, -0.25) is 0 Å². The van der Waals surface area contributed by atoms with Crippen molar-refractivity contribution in [3.63, 3.8) is 0 Å². The number of fused-ring (bicyclic) bond motifs is 1. The average Bonchev–Trinajstić information content (AvgIpc) is 2.72. The quantitative estimate of drug-likeness (QED) is 0.845. The second-order valence-electron chi connectivity index (χ2n) is 5.20. The molecule has 1 aromatic rings. The first-order valence-corrected chi connectivity index (χ1v) is 5.97. The molecule has 0 aliphatic carbocycles. The van der Waals surface area contributed by atoms with Gasteiger partial charge in [-0.2, -0.15) is 5.10 Å². The van der Waals surface area contributed by atoms with Crippen molar-refractivity contribution >= 4 is 0 Å². The predicted molar refractivity (Wildman–Crippen MR) is 63.6 cm³/mol. The van der Waals surface area contributed by atoms with Crippen molar-refractivity contribution in [3.05, 3.63) is 11.8 Å². The molecule has 1 unspecified atom stereocenters. The van der Waals surface area contributed by atoms with Gasteiger partial charge in [-0.05, 0) is 11.8 Å². The maximum Gasteiger partial charge on any atom is 0.215 e. The van der Waals surface area contributed by atoms with Gasteiger partial charge < -0.3 is 10.5 Å². The maximum absolute atomic E-state index is 5.81. The molecule has 2 heterocycles. The molecule has 4 heteroatoms. The summed E-state index contributed by atoms with van der Waals surface area (Å²) < 4.78 is 7.76. The number of nitrogens with two attached hydrogens (primary N) is 1. The maximum atomic E-state index is 5.81. The van der Waals surface area contributed by atoms with Gasteiger partial charge in [0.15, 0.2) is 0 Å². The summed E-state index contributed by atoms with van der Waals surface area (Å²) in [7, 11) is 0. The smallest absolute Gasteiger partial charge is 0.215 e. The van der Waals surface area contributed by atoms with Crippen LogP contribution in [0.5, 0.6) is 5.88 Å². The summed E-state index contributed by atoms with van der Waals surface area (Å²) in [5.74, 6) is 1.33. The Hall–Kier alpha value is -1.03. The molecule has 90 valence electrons. The van der Waals surface area contributed by atoms with Gasteiger partial charge in [0, 0.05) is 18.0 Å². The molecule has 2 N–H and O–H groups in total. The van der Waals surface area contributed by atoms with E-state index in [0.717, 1.165) is 25.5 Å². The summed E-state index contributed by atoms with van der Waals surface area (Å²) in [5, 5.41) is 4.41. The summed E-state index contributed by atoms with van der Waals surface area (Å²) >= 11 is 0. The highest BCUT2D eigenvalue weighted by atomic mass is 16.5. The Kier molecular flexibility index (Phi) is 2.93. The Morgan fingerprint density at radius 2 is 2.38 bits per heavy atom. The van der Waals surface area contributed by atoms with E-state index in [2.05, 4.69) is 25.9 Å². The minimum absolute atomic E-state index is 0.128. The summed E-state index contributed by atoms with van der Waals surface area (Å²) in [5.41, 5.74) is 7.00. The van der Waals surface area contributed by atoms with Crippen LogP contribution in [0.1, 0.15) is 32.8 Å². The van der Waals surface area contributed by atoms with Gasteiger partial charge in [-0.15, -0.1) is 0 Å². The van der Waals surface area contributed by atoms with Crippen LogP contribution in [0, 0.1) is 5.92 Å². The number of aromatic nitrogens is 2. The van der Waals surface area contributed by atoms with E-state index in [-0.39, 0.29) is 5.41 Å². The lowest BCUT2D eigenvalue weighted by Gasteiger charge is -2.27. The van der Waals surface area contributed by atoms with Gasteiger partial charge in [0.1, 0.15) is 0 Å². The van der Waals surface area contributed by atoms with Gasteiger partial charge in [0.05, 0.1) is 19.3 Å². The molecule has 0 saturated carbocycles. The highest BCUT2D eigenvalue weighted by Crippen LogP contribution is 2.35. The number of hydrogen-bond acceptors (Lipinski definition) is 3. The van der Waals surface area contributed by atoms with Crippen LogP contribution in [0.3, 0.4) is 0 Å². The highest BCUT2D eigenvalue weighted by Gasteiger charge is 2.29. The van der Waals surface area contributed by atoms with E-state index in [9.17, 15) is 0 Å². The molecular weight excluding hydrogens is 202 g/mol. The number of ether oxygens (including phenoxy) is 1. The van der Waals surface area contributed by atoms with E-state index >= 15 is 0 Å². The van der Waals surface area contributed by atoms with E-state index in [1.807, 2.05) is 10.9 Å². The Bertz CT molecular complexity index is 370. The van der Waals surface area contributed by atoms with E-state index in [0.29, 0.717) is 12.5 Å². The zero-order valence-electron chi connectivity index (χ0n) is 10.4. The van der Waals surface area contributed by atoms with Crippen LogP contribution >= 0.6 is 0 Å². The first-order chi connectivity index (χ1) is 7.58. The molecule has 1 aromatic heterocycles. The Morgan fingerprint density at radius 3 is 3.00 bits per heavy atom. The molecule has 4 nitrogen and oxygen atoms in total. The fraction of sp³-hybridized carbons (Fsp3) is 0.750. The minimum Gasteiger partial charge on any atom is -0.477 e. The number of nitrogens with zero attached hydrogens (tertiary/aromatic N) is 2. The fourth-order valence-electron chi connectivity index (χ4n) is 1.95. The van der Waals surface area contributed by atoms with Gasteiger partial charge in [0.25, 0.3) is 0 Å². The van der Waals surface area contributed by atoms with Crippen LogP contribution in [0.15, 0.2) is 6.20 Å². The van der Waals surface area contributed by atoms with Crippen LogP contribution in [0.25, 0.3) is 0 Å². The molecule has 2 rings (SSSR count). The lowest BCUT2D eigenvalue weighted by atomic mass is 9.84. The van der Waals surface area contributed by atoms with Crippen molar-refractivity contribution < 1.29 is 4.74 Å². The van der Waals surface area contributed by atoms with Crippen molar-refractivity contribution in [1.82, 2.24) is 9.78 Å². The summed E-state index contributed by atoms with van der Waals surface area (Å²) in [6, 6.07) is 0. The molecule has 1 atom stereocenters. The predicted octanol–water partition coefficient (Wildman–Crippen LogP) is 1.54. The third-order valence-corrected chi connectivity index (χ3v) is 3.62. The lowest BCUT2D eigenvalue weighted by molar-refractivity contribution is 0.164.